The van der Waals surface area contributed by atoms with Crippen LogP contribution in [0.25, 0.3) is 0 Å². The van der Waals surface area contributed by atoms with Gasteiger partial charge in [0.15, 0.2) is 0 Å². The van der Waals surface area contributed by atoms with Crippen LogP contribution in [-0.4, -0.2) is 23.8 Å². The molecule has 0 bridgehead atoms. The molecular formula is C15H33NO. The lowest BCUT2D eigenvalue weighted by atomic mass is 9.94. The van der Waals surface area contributed by atoms with Crippen LogP contribution in [0.15, 0.2) is 0 Å². The quantitative estimate of drug-likeness (QED) is 0.510. The van der Waals surface area contributed by atoms with Gasteiger partial charge >= 0.3 is 0 Å². The SMILES string of the molecule is CCCCCCCCCC(C)(O)CCNCC. The van der Waals surface area contributed by atoms with Crippen LogP contribution in [0.2, 0.25) is 0 Å². The number of hydrogen-bond donors (Lipinski definition) is 2. The molecule has 0 radical (unpaired) electrons. The first-order chi connectivity index (χ1) is 8.12. The van der Waals surface area contributed by atoms with Crippen LogP contribution in [0, 0.1) is 0 Å². The van der Waals surface area contributed by atoms with Crippen molar-refractivity contribution in [2.45, 2.75) is 84.2 Å². The first kappa shape index (κ1) is 16.9. The molecule has 2 N–H and O–H groups in total. The highest BCUT2D eigenvalue weighted by molar-refractivity contribution is 4.73. The number of nitrogens with one attached hydrogen (secondary N) is 1. The van der Waals surface area contributed by atoms with Crippen molar-refractivity contribution in [1.29, 1.82) is 0 Å². The fourth-order valence-electron chi connectivity index (χ4n) is 2.12. The van der Waals surface area contributed by atoms with Crippen molar-refractivity contribution in [3.8, 4) is 0 Å². The minimum Gasteiger partial charge on any atom is -0.390 e. The van der Waals surface area contributed by atoms with E-state index in [1.807, 2.05) is 6.92 Å². The van der Waals surface area contributed by atoms with Crippen LogP contribution >= 0.6 is 0 Å². The van der Waals surface area contributed by atoms with Crippen molar-refractivity contribution < 1.29 is 5.11 Å². The van der Waals surface area contributed by atoms with E-state index in [1.165, 1.54) is 44.9 Å². The number of hydrogen-bond acceptors (Lipinski definition) is 2. The molecule has 2 nitrogen and oxygen atoms in total. The zero-order chi connectivity index (χ0) is 13.0. The summed E-state index contributed by atoms with van der Waals surface area (Å²) in [6, 6.07) is 0. The zero-order valence-corrected chi connectivity index (χ0v) is 12.2. The second-order valence-electron chi connectivity index (χ2n) is 5.47. The molecule has 0 fully saturated rings. The maximum Gasteiger partial charge on any atom is 0.0631 e. The number of aliphatic hydroxyl groups is 1. The van der Waals surface area contributed by atoms with Gasteiger partial charge in [0, 0.05) is 0 Å². The Morgan fingerprint density at radius 3 is 2.06 bits per heavy atom. The molecule has 0 aromatic carbocycles. The van der Waals surface area contributed by atoms with Crippen molar-refractivity contribution >= 4 is 0 Å². The number of unbranched alkanes of at least 4 members (excludes halogenated alkanes) is 6. The standard InChI is InChI=1S/C15H33NO/c1-4-6-7-8-9-10-11-12-15(3,17)13-14-16-5-2/h16-17H,4-14H2,1-3H3. The minimum absolute atomic E-state index is 0.467. The van der Waals surface area contributed by atoms with Gasteiger partial charge in [-0.3, -0.25) is 0 Å². The van der Waals surface area contributed by atoms with Crippen LogP contribution in [0.1, 0.15) is 78.6 Å². The smallest absolute Gasteiger partial charge is 0.0631 e. The molecule has 0 heterocycles. The van der Waals surface area contributed by atoms with Crippen molar-refractivity contribution in [2.75, 3.05) is 13.1 Å². The zero-order valence-electron chi connectivity index (χ0n) is 12.2. The van der Waals surface area contributed by atoms with Crippen LogP contribution in [-0.2, 0) is 0 Å². The van der Waals surface area contributed by atoms with Gasteiger partial charge in [-0.2, -0.15) is 0 Å². The summed E-state index contributed by atoms with van der Waals surface area (Å²) < 4.78 is 0. The van der Waals surface area contributed by atoms with E-state index < -0.39 is 5.60 Å². The summed E-state index contributed by atoms with van der Waals surface area (Å²) in [6.45, 7) is 8.25. The highest BCUT2D eigenvalue weighted by Crippen LogP contribution is 2.18. The summed E-state index contributed by atoms with van der Waals surface area (Å²) in [4.78, 5) is 0. The molecule has 17 heavy (non-hydrogen) atoms. The average molecular weight is 243 g/mol. The molecule has 1 unspecified atom stereocenters. The fourth-order valence-corrected chi connectivity index (χ4v) is 2.12. The van der Waals surface area contributed by atoms with Gasteiger partial charge in [-0.25, -0.2) is 0 Å². The van der Waals surface area contributed by atoms with Crippen molar-refractivity contribution in [1.82, 2.24) is 5.32 Å². The molecule has 0 aromatic heterocycles. The Kier molecular flexibility index (Phi) is 11.0. The summed E-state index contributed by atoms with van der Waals surface area (Å²) in [5, 5.41) is 13.4. The van der Waals surface area contributed by atoms with E-state index in [-0.39, 0.29) is 0 Å². The van der Waals surface area contributed by atoms with E-state index >= 15 is 0 Å². The first-order valence-electron chi connectivity index (χ1n) is 7.55. The van der Waals surface area contributed by atoms with Gasteiger partial charge in [0.25, 0.3) is 0 Å². The summed E-state index contributed by atoms with van der Waals surface area (Å²) >= 11 is 0. The summed E-state index contributed by atoms with van der Waals surface area (Å²) in [6.07, 6.45) is 11.1. The summed E-state index contributed by atoms with van der Waals surface area (Å²) in [7, 11) is 0. The van der Waals surface area contributed by atoms with Crippen molar-refractivity contribution in [3.63, 3.8) is 0 Å². The monoisotopic (exact) mass is 243 g/mol. The van der Waals surface area contributed by atoms with E-state index in [0.29, 0.717) is 0 Å². The first-order valence-corrected chi connectivity index (χ1v) is 7.55. The second kappa shape index (κ2) is 11.0. The lowest BCUT2D eigenvalue weighted by Gasteiger charge is -2.23. The molecule has 0 spiro atoms. The van der Waals surface area contributed by atoms with Gasteiger partial charge in [0.2, 0.25) is 0 Å². The van der Waals surface area contributed by atoms with E-state index in [1.54, 1.807) is 0 Å². The van der Waals surface area contributed by atoms with Crippen molar-refractivity contribution in [3.05, 3.63) is 0 Å². The molecule has 0 aliphatic carbocycles. The van der Waals surface area contributed by atoms with Gasteiger partial charge in [-0.15, -0.1) is 0 Å². The Hall–Kier alpha value is -0.0800. The highest BCUT2D eigenvalue weighted by Gasteiger charge is 2.18. The predicted octanol–water partition coefficient (Wildman–Crippen LogP) is 3.88. The van der Waals surface area contributed by atoms with E-state index in [2.05, 4.69) is 19.2 Å². The topological polar surface area (TPSA) is 32.3 Å². The normalized spacial score (nSPS) is 14.8. The molecule has 2 heteroatoms. The lowest BCUT2D eigenvalue weighted by molar-refractivity contribution is 0.0397. The Morgan fingerprint density at radius 2 is 1.47 bits per heavy atom. The molecule has 0 aliphatic heterocycles. The number of rotatable bonds is 12. The summed E-state index contributed by atoms with van der Waals surface area (Å²) in [5.74, 6) is 0. The maximum atomic E-state index is 10.1. The Morgan fingerprint density at radius 1 is 0.882 bits per heavy atom. The Labute approximate surface area is 108 Å². The molecular weight excluding hydrogens is 210 g/mol. The van der Waals surface area contributed by atoms with Gasteiger partial charge in [-0.1, -0.05) is 58.8 Å². The average Bonchev–Trinajstić information content (AvgIpc) is 2.28. The van der Waals surface area contributed by atoms with E-state index in [4.69, 9.17) is 0 Å². The molecule has 0 rings (SSSR count). The third-order valence-corrected chi connectivity index (χ3v) is 3.41. The van der Waals surface area contributed by atoms with Gasteiger partial charge in [-0.05, 0) is 32.9 Å². The Balaban J connectivity index is 3.32. The van der Waals surface area contributed by atoms with Gasteiger partial charge in [0.05, 0.1) is 5.60 Å². The maximum absolute atomic E-state index is 10.1. The third-order valence-electron chi connectivity index (χ3n) is 3.41. The summed E-state index contributed by atoms with van der Waals surface area (Å²) in [5.41, 5.74) is -0.467. The third kappa shape index (κ3) is 12.2. The molecule has 104 valence electrons. The largest absolute Gasteiger partial charge is 0.390 e. The molecule has 0 aliphatic rings. The van der Waals surface area contributed by atoms with Crippen LogP contribution in [0.4, 0.5) is 0 Å². The van der Waals surface area contributed by atoms with Crippen LogP contribution < -0.4 is 5.32 Å². The fraction of sp³-hybridized carbons (Fsp3) is 1.00. The van der Waals surface area contributed by atoms with E-state index in [9.17, 15) is 5.11 Å². The molecule has 0 aromatic rings. The second-order valence-corrected chi connectivity index (χ2v) is 5.47. The minimum atomic E-state index is -0.467. The van der Waals surface area contributed by atoms with Gasteiger partial charge < -0.3 is 10.4 Å². The predicted molar refractivity (Wildman–Crippen MR) is 76.4 cm³/mol. The molecule has 0 saturated carbocycles. The van der Waals surface area contributed by atoms with Crippen LogP contribution in [0.3, 0.4) is 0 Å². The lowest BCUT2D eigenvalue weighted by Crippen LogP contribution is -2.29. The molecule has 0 saturated heterocycles. The molecule has 0 amide bonds. The Bertz CT molecular complexity index is 157. The van der Waals surface area contributed by atoms with Gasteiger partial charge in [0.1, 0.15) is 0 Å². The molecule has 1 atom stereocenters. The van der Waals surface area contributed by atoms with E-state index in [0.717, 1.165) is 25.9 Å². The van der Waals surface area contributed by atoms with Crippen LogP contribution in [0.5, 0.6) is 0 Å². The van der Waals surface area contributed by atoms with Crippen molar-refractivity contribution in [2.24, 2.45) is 0 Å². The highest BCUT2D eigenvalue weighted by atomic mass is 16.3.